The van der Waals surface area contributed by atoms with Crippen molar-refractivity contribution >= 4 is 38.9 Å². The molecule has 1 aromatic rings. The van der Waals surface area contributed by atoms with Crippen molar-refractivity contribution in [3.05, 3.63) is 16.5 Å². The van der Waals surface area contributed by atoms with Crippen LogP contribution in [0.25, 0.3) is 0 Å². The molecule has 1 unspecified atom stereocenters. The van der Waals surface area contributed by atoms with E-state index < -0.39 is 10.0 Å². The zero-order valence-corrected chi connectivity index (χ0v) is 16.2. The first-order valence-electron chi connectivity index (χ1n) is 8.44. The molecule has 0 aromatic carbocycles. The van der Waals surface area contributed by atoms with Gasteiger partial charge in [-0.3, -0.25) is 4.79 Å². The van der Waals surface area contributed by atoms with Crippen LogP contribution >= 0.6 is 22.9 Å². The molecule has 3 rings (SSSR count). The van der Waals surface area contributed by atoms with Crippen LogP contribution in [0.5, 0.6) is 0 Å². The number of rotatable bonds is 4. The lowest BCUT2D eigenvalue weighted by atomic mass is 9.85. The molecule has 2 fully saturated rings. The Morgan fingerprint density at radius 3 is 2.38 bits per heavy atom. The van der Waals surface area contributed by atoms with E-state index in [9.17, 15) is 13.2 Å². The van der Waals surface area contributed by atoms with E-state index in [1.54, 1.807) is 12.1 Å². The smallest absolute Gasteiger partial charge is 0.252 e. The standard InChI is InChI=1S/C16H23ClN2O3S2/c1-12(16(20)18-8-2-3-9-18)13-6-10-19(11-7-13)24(21,22)15-5-4-14(17)23-15/h4-5,12-13H,2-3,6-11H2,1H3. The Morgan fingerprint density at radius 1 is 1.21 bits per heavy atom. The summed E-state index contributed by atoms with van der Waals surface area (Å²) in [5, 5.41) is 0. The van der Waals surface area contributed by atoms with Crippen LogP contribution < -0.4 is 0 Å². The summed E-state index contributed by atoms with van der Waals surface area (Å²) in [5.41, 5.74) is 0. The molecule has 8 heteroatoms. The fraction of sp³-hybridized carbons (Fsp3) is 0.688. The largest absolute Gasteiger partial charge is 0.342 e. The second-order valence-electron chi connectivity index (χ2n) is 6.62. The number of sulfonamides is 1. The number of amides is 1. The third-order valence-corrected chi connectivity index (χ3v) is 8.75. The first kappa shape index (κ1) is 18.2. The van der Waals surface area contributed by atoms with Gasteiger partial charge in [0.15, 0.2) is 0 Å². The van der Waals surface area contributed by atoms with E-state index in [2.05, 4.69) is 0 Å². The number of nitrogens with zero attached hydrogens (tertiary/aromatic N) is 2. The van der Waals surface area contributed by atoms with Crippen LogP contribution in [0.3, 0.4) is 0 Å². The van der Waals surface area contributed by atoms with E-state index in [-0.39, 0.29) is 17.7 Å². The van der Waals surface area contributed by atoms with E-state index in [1.807, 2.05) is 11.8 Å². The Hall–Kier alpha value is -0.630. The van der Waals surface area contributed by atoms with Gasteiger partial charge in [-0.1, -0.05) is 18.5 Å². The molecule has 5 nitrogen and oxygen atoms in total. The van der Waals surface area contributed by atoms with E-state index in [0.717, 1.165) is 50.1 Å². The predicted molar refractivity (Wildman–Crippen MR) is 95.8 cm³/mol. The zero-order chi connectivity index (χ0) is 17.3. The Labute approximate surface area is 152 Å². The lowest BCUT2D eigenvalue weighted by Gasteiger charge is -2.34. The van der Waals surface area contributed by atoms with Crippen LogP contribution in [0, 0.1) is 11.8 Å². The molecule has 24 heavy (non-hydrogen) atoms. The topological polar surface area (TPSA) is 57.7 Å². The zero-order valence-electron chi connectivity index (χ0n) is 13.8. The average molecular weight is 391 g/mol. The normalized spacial score (nSPS) is 22.0. The Morgan fingerprint density at radius 2 is 1.83 bits per heavy atom. The summed E-state index contributed by atoms with van der Waals surface area (Å²) < 4.78 is 27.5. The lowest BCUT2D eigenvalue weighted by molar-refractivity contribution is -0.136. The molecule has 1 aromatic heterocycles. The van der Waals surface area contributed by atoms with Gasteiger partial charge in [0.05, 0.1) is 4.34 Å². The molecule has 1 amide bonds. The quantitative estimate of drug-likeness (QED) is 0.793. The SMILES string of the molecule is CC(C(=O)N1CCCC1)C1CCN(S(=O)(=O)c2ccc(Cl)s2)CC1. The summed E-state index contributed by atoms with van der Waals surface area (Å²) in [6, 6.07) is 3.18. The van der Waals surface area contributed by atoms with Gasteiger partial charge in [0.1, 0.15) is 4.21 Å². The van der Waals surface area contributed by atoms with Gasteiger partial charge in [-0.25, -0.2) is 8.42 Å². The van der Waals surface area contributed by atoms with Gasteiger partial charge in [-0.15, -0.1) is 11.3 Å². The lowest BCUT2D eigenvalue weighted by Crippen LogP contribution is -2.43. The highest BCUT2D eigenvalue weighted by Crippen LogP contribution is 2.33. The first-order chi connectivity index (χ1) is 11.4. The van der Waals surface area contributed by atoms with Gasteiger partial charge in [-0.2, -0.15) is 4.31 Å². The molecule has 0 radical (unpaired) electrons. The highest BCUT2D eigenvalue weighted by molar-refractivity contribution is 7.91. The van der Waals surface area contributed by atoms with Crippen molar-refractivity contribution in [1.29, 1.82) is 0 Å². The van der Waals surface area contributed by atoms with E-state index in [1.165, 1.54) is 4.31 Å². The van der Waals surface area contributed by atoms with Crippen LogP contribution in [0.15, 0.2) is 16.3 Å². The maximum absolute atomic E-state index is 12.6. The third-order valence-electron chi connectivity index (χ3n) is 5.16. The number of carbonyl (C=O) groups is 1. The number of carbonyl (C=O) groups excluding carboxylic acids is 1. The molecular weight excluding hydrogens is 368 g/mol. The van der Waals surface area contributed by atoms with Crippen LogP contribution in [0.4, 0.5) is 0 Å². The van der Waals surface area contributed by atoms with Gasteiger partial charge >= 0.3 is 0 Å². The Kier molecular flexibility index (Phi) is 5.54. The maximum Gasteiger partial charge on any atom is 0.252 e. The van der Waals surface area contributed by atoms with Crippen molar-refractivity contribution in [1.82, 2.24) is 9.21 Å². The second-order valence-corrected chi connectivity index (χ2v) is 10.5. The van der Waals surface area contributed by atoms with Crippen LogP contribution in [-0.4, -0.2) is 49.7 Å². The third kappa shape index (κ3) is 3.64. The van der Waals surface area contributed by atoms with Gasteiger partial charge < -0.3 is 4.90 Å². The van der Waals surface area contributed by atoms with Crippen molar-refractivity contribution < 1.29 is 13.2 Å². The highest BCUT2D eigenvalue weighted by Gasteiger charge is 2.35. The first-order valence-corrected chi connectivity index (χ1v) is 11.1. The minimum Gasteiger partial charge on any atom is -0.342 e. The van der Waals surface area contributed by atoms with Crippen molar-refractivity contribution in [3.63, 3.8) is 0 Å². The molecular formula is C16H23ClN2O3S2. The average Bonchev–Trinajstić information content (AvgIpc) is 3.25. The molecule has 0 N–H and O–H groups in total. The maximum atomic E-state index is 12.6. The minimum atomic E-state index is -3.45. The molecule has 0 bridgehead atoms. The van der Waals surface area contributed by atoms with Gasteiger partial charge in [0.2, 0.25) is 5.91 Å². The summed E-state index contributed by atoms with van der Waals surface area (Å²) in [6.45, 7) is 4.68. The van der Waals surface area contributed by atoms with Gasteiger partial charge in [0.25, 0.3) is 10.0 Å². The fourth-order valence-electron chi connectivity index (χ4n) is 3.61. The number of hydrogen-bond donors (Lipinski definition) is 0. The number of thiophene rings is 1. The summed E-state index contributed by atoms with van der Waals surface area (Å²) in [4.78, 5) is 14.5. The van der Waals surface area contributed by atoms with E-state index in [4.69, 9.17) is 11.6 Å². The van der Waals surface area contributed by atoms with Crippen molar-refractivity contribution in [2.75, 3.05) is 26.2 Å². The summed E-state index contributed by atoms with van der Waals surface area (Å²) >= 11 is 6.95. The minimum absolute atomic E-state index is 0.0239. The molecule has 0 aliphatic carbocycles. The molecule has 0 spiro atoms. The monoisotopic (exact) mass is 390 g/mol. The van der Waals surface area contributed by atoms with Crippen molar-refractivity contribution in [2.24, 2.45) is 11.8 Å². The molecule has 2 aliphatic rings. The molecule has 0 saturated carbocycles. The van der Waals surface area contributed by atoms with Gasteiger partial charge in [0, 0.05) is 32.1 Å². The van der Waals surface area contributed by atoms with Crippen molar-refractivity contribution in [3.8, 4) is 0 Å². The predicted octanol–water partition coefficient (Wildman–Crippen LogP) is 3.06. The van der Waals surface area contributed by atoms with Crippen LogP contribution in [-0.2, 0) is 14.8 Å². The van der Waals surface area contributed by atoms with E-state index in [0.29, 0.717) is 21.6 Å². The molecule has 2 saturated heterocycles. The number of halogens is 1. The molecule has 2 aliphatic heterocycles. The molecule has 134 valence electrons. The molecule has 3 heterocycles. The number of hydrogen-bond acceptors (Lipinski definition) is 4. The Bertz CT molecular complexity index is 690. The Balaban J connectivity index is 1.60. The summed E-state index contributed by atoms with van der Waals surface area (Å²) in [5.74, 6) is 0.472. The van der Waals surface area contributed by atoms with Gasteiger partial charge in [-0.05, 0) is 43.7 Å². The summed E-state index contributed by atoms with van der Waals surface area (Å²) in [7, 11) is -3.45. The number of piperidine rings is 1. The van der Waals surface area contributed by atoms with Crippen LogP contribution in [0.1, 0.15) is 32.6 Å². The summed E-state index contributed by atoms with van der Waals surface area (Å²) in [6.07, 6.45) is 3.66. The van der Waals surface area contributed by atoms with E-state index >= 15 is 0 Å². The van der Waals surface area contributed by atoms with Crippen LogP contribution in [0.2, 0.25) is 4.34 Å². The van der Waals surface area contributed by atoms with Crippen molar-refractivity contribution in [2.45, 2.75) is 36.8 Å². The number of likely N-dealkylation sites (tertiary alicyclic amines) is 1. The highest BCUT2D eigenvalue weighted by atomic mass is 35.5. The molecule has 1 atom stereocenters. The second kappa shape index (κ2) is 7.32. The fourth-order valence-corrected chi connectivity index (χ4v) is 6.71.